The Morgan fingerprint density at radius 1 is 1.17 bits per heavy atom. The van der Waals surface area contributed by atoms with Crippen LogP contribution in [0.1, 0.15) is 15.4 Å². The number of amides is 1. The molecule has 1 saturated heterocycles. The van der Waals surface area contributed by atoms with Gasteiger partial charge in [-0.25, -0.2) is 4.98 Å². The summed E-state index contributed by atoms with van der Waals surface area (Å²) in [6.07, 6.45) is 0. The molecule has 24 heavy (non-hydrogen) atoms. The number of nitrogens with zero attached hydrogens (tertiary/aromatic N) is 2. The highest BCUT2D eigenvalue weighted by Crippen LogP contribution is 2.26. The molecule has 1 N–H and O–H groups in total. The highest BCUT2D eigenvalue weighted by molar-refractivity contribution is 7.14. The summed E-state index contributed by atoms with van der Waals surface area (Å²) in [5, 5.41) is 9.05. The van der Waals surface area contributed by atoms with Gasteiger partial charge in [-0.1, -0.05) is 6.07 Å². The topological polar surface area (TPSA) is 37.6 Å². The number of thiazole rings is 1. The van der Waals surface area contributed by atoms with Crippen LogP contribution in [-0.2, 0) is 6.54 Å². The van der Waals surface area contributed by atoms with Gasteiger partial charge in [-0.2, -0.15) is 11.3 Å². The SMILES string of the molecule is O=C(c1csc(-c2ccsc2)n1)N1CC[NH+](Cc2cccs2)CC1. The summed E-state index contributed by atoms with van der Waals surface area (Å²) in [5.74, 6) is 0.0721. The second kappa shape index (κ2) is 7.14. The maximum atomic E-state index is 12.7. The molecule has 4 nitrogen and oxygen atoms in total. The fraction of sp³-hybridized carbons (Fsp3) is 0.294. The van der Waals surface area contributed by atoms with Gasteiger partial charge in [0.05, 0.1) is 31.1 Å². The van der Waals surface area contributed by atoms with Crippen molar-refractivity contribution < 1.29 is 9.69 Å². The van der Waals surface area contributed by atoms with E-state index in [1.165, 1.54) is 4.88 Å². The number of carbonyl (C=O) groups excluding carboxylic acids is 1. The molecule has 124 valence electrons. The molecule has 0 aliphatic carbocycles. The van der Waals surface area contributed by atoms with Crippen molar-refractivity contribution in [1.82, 2.24) is 9.88 Å². The molecule has 0 atom stereocenters. The molecule has 3 aromatic heterocycles. The van der Waals surface area contributed by atoms with E-state index >= 15 is 0 Å². The van der Waals surface area contributed by atoms with Crippen molar-refractivity contribution in [2.45, 2.75) is 6.54 Å². The number of hydrogen-bond donors (Lipinski definition) is 1. The minimum atomic E-state index is 0.0721. The monoisotopic (exact) mass is 376 g/mol. The molecular weight excluding hydrogens is 358 g/mol. The van der Waals surface area contributed by atoms with Crippen LogP contribution >= 0.6 is 34.0 Å². The minimum absolute atomic E-state index is 0.0721. The molecule has 0 spiro atoms. The molecule has 0 unspecified atom stereocenters. The molecule has 7 heteroatoms. The molecule has 0 aromatic carbocycles. The molecule has 1 amide bonds. The van der Waals surface area contributed by atoms with Crippen LogP contribution in [0.4, 0.5) is 0 Å². The highest BCUT2D eigenvalue weighted by atomic mass is 32.1. The van der Waals surface area contributed by atoms with E-state index in [0.717, 1.165) is 43.3 Å². The summed E-state index contributed by atoms with van der Waals surface area (Å²) < 4.78 is 0. The van der Waals surface area contributed by atoms with Crippen LogP contribution in [0.15, 0.2) is 39.7 Å². The second-order valence-corrected chi connectivity index (χ2v) is 8.52. The van der Waals surface area contributed by atoms with E-state index in [0.29, 0.717) is 5.69 Å². The lowest BCUT2D eigenvalue weighted by Crippen LogP contribution is -3.13. The molecule has 0 bridgehead atoms. The van der Waals surface area contributed by atoms with Crippen LogP contribution in [0.25, 0.3) is 10.6 Å². The largest absolute Gasteiger partial charge is 0.328 e. The smallest absolute Gasteiger partial charge is 0.273 e. The lowest BCUT2D eigenvalue weighted by atomic mass is 10.2. The van der Waals surface area contributed by atoms with E-state index in [4.69, 9.17) is 0 Å². The summed E-state index contributed by atoms with van der Waals surface area (Å²) in [7, 11) is 0. The zero-order valence-corrected chi connectivity index (χ0v) is 15.6. The Morgan fingerprint density at radius 2 is 2.04 bits per heavy atom. The Bertz CT molecular complexity index is 787. The predicted octanol–water partition coefficient (Wildman–Crippen LogP) is 2.47. The van der Waals surface area contributed by atoms with Gasteiger partial charge >= 0.3 is 0 Å². The Labute approximate surface area is 153 Å². The summed E-state index contributed by atoms with van der Waals surface area (Å²) in [5.41, 5.74) is 1.69. The van der Waals surface area contributed by atoms with Crippen LogP contribution < -0.4 is 4.90 Å². The zero-order valence-electron chi connectivity index (χ0n) is 13.1. The summed E-state index contributed by atoms with van der Waals surface area (Å²) in [6.45, 7) is 4.70. The Kier molecular flexibility index (Phi) is 4.75. The van der Waals surface area contributed by atoms with Crippen molar-refractivity contribution >= 4 is 39.9 Å². The number of nitrogens with one attached hydrogen (secondary N) is 1. The van der Waals surface area contributed by atoms with Crippen molar-refractivity contribution in [3.05, 3.63) is 50.3 Å². The number of quaternary nitrogens is 1. The van der Waals surface area contributed by atoms with Crippen LogP contribution in [0, 0.1) is 0 Å². The first-order valence-corrected chi connectivity index (χ1v) is 10.6. The van der Waals surface area contributed by atoms with Crippen molar-refractivity contribution in [2.24, 2.45) is 0 Å². The van der Waals surface area contributed by atoms with Gasteiger partial charge in [-0.05, 0) is 22.9 Å². The van der Waals surface area contributed by atoms with Crippen molar-refractivity contribution in [3.63, 3.8) is 0 Å². The maximum absolute atomic E-state index is 12.7. The van der Waals surface area contributed by atoms with Crippen molar-refractivity contribution in [1.29, 1.82) is 0 Å². The predicted molar refractivity (Wildman–Crippen MR) is 100 cm³/mol. The summed E-state index contributed by atoms with van der Waals surface area (Å²) in [4.78, 5) is 22.1. The maximum Gasteiger partial charge on any atom is 0.273 e. The number of aromatic nitrogens is 1. The van der Waals surface area contributed by atoms with Crippen LogP contribution in [-0.4, -0.2) is 42.0 Å². The van der Waals surface area contributed by atoms with E-state index in [1.54, 1.807) is 27.6 Å². The van der Waals surface area contributed by atoms with Gasteiger partial charge in [0.25, 0.3) is 5.91 Å². The highest BCUT2D eigenvalue weighted by Gasteiger charge is 2.26. The average molecular weight is 377 g/mol. The minimum Gasteiger partial charge on any atom is -0.328 e. The third-order valence-electron chi connectivity index (χ3n) is 4.25. The van der Waals surface area contributed by atoms with Gasteiger partial charge in [0.2, 0.25) is 0 Å². The molecule has 4 heterocycles. The van der Waals surface area contributed by atoms with E-state index in [2.05, 4.69) is 27.9 Å². The molecule has 1 fully saturated rings. The second-order valence-electron chi connectivity index (χ2n) is 5.85. The Hall–Kier alpha value is -1.54. The molecule has 0 saturated carbocycles. The Balaban J connectivity index is 1.36. The first-order valence-electron chi connectivity index (χ1n) is 7.93. The van der Waals surface area contributed by atoms with Crippen LogP contribution in [0.5, 0.6) is 0 Å². The standard InChI is InChI=1S/C17H17N3OS3/c21-17(15-12-24-16(18-15)13-3-9-22-11-13)20-6-4-19(5-7-20)10-14-2-1-8-23-14/h1-3,8-9,11-12H,4-7,10H2/p+1. The quantitative estimate of drug-likeness (QED) is 0.760. The van der Waals surface area contributed by atoms with Crippen molar-refractivity contribution in [2.75, 3.05) is 26.2 Å². The molecule has 4 rings (SSSR count). The molecule has 1 aliphatic heterocycles. The normalized spacial score (nSPS) is 15.8. The van der Waals surface area contributed by atoms with E-state index in [-0.39, 0.29) is 5.91 Å². The summed E-state index contributed by atoms with van der Waals surface area (Å²) >= 11 is 5.01. The van der Waals surface area contributed by atoms with E-state index < -0.39 is 0 Å². The molecule has 1 aliphatic rings. The molecule has 0 radical (unpaired) electrons. The third kappa shape index (κ3) is 3.44. The van der Waals surface area contributed by atoms with Gasteiger partial charge < -0.3 is 9.80 Å². The van der Waals surface area contributed by atoms with Gasteiger partial charge in [-0.3, -0.25) is 4.79 Å². The van der Waals surface area contributed by atoms with Gasteiger partial charge in [-0.15, -0.1) is 22.7 Å². The molecule has 3 aromatic rings. The summed E-state index contributed by atoms with van der Waals surface area (Å²) in [6, 6.07) is 6.34. The lowest BCUT2D eigenvalue weighted by Gasteiger charge is -2.31. The lowest BCUT2D eigenvalue weighted by molar-refractivity contribution is -0.917. The van der Waals surface area contributed by atoms with E-state index in [1.807, 2.05) is 33.1 Å². The van der Waals surface area contributed by atoms with E-state index in [9.17, 15) is 4.79 Å². The third-order valence-corrected chi connectivity index (χ3v) is 6.70. The Morgan fingerprint density at radius 3 is 2.75 bits per heavy atom. The first kappa shape index (κ1) is 16.0. The number of thiophene rings is 2. The number of rotatable bonds is 4. The zero-order chi connectivity index (χ0) is 16.4. The van der Waals surface area contributed by atoms with Gasteiger partial charge in [0.1, 0.15) is 17.2 Å². The fourth-order valence-corrected chi connectivity index (χ4v) is 5.20. The number of carbonyl (C=O) groups is 1. The van der Waals surface area contributed by atoms with Gasteiger partial charge in [0.15, 0.2) is 0 Å². The molecular formula is C17H18N3OS3+. The van der Waals surface area contributed by atoms with Gasteiger partial charge in [0, 0.05) is 16.3 Å². The van der Waals surface area contributed by atoms with Crippen LogP contribution in [0.3, 0.4) is 0 Å². The number of hydrogen-bond acceptors (Lipinski definition) is 5. The van der Waals surface area contributed by atoms with Crippen molar-refractivity contribution in [3.8, 4) is 10.6 Å². The first-order chi connectivity index (χ1) is 11.8. The fourth-order valence-electron chi connectivity index (χ4n) is 2.92. The average Bonchev–Trinajstić information content (AvgIpc) is 3.36. The van der Waals surface area contributed by atoms with Crippen LogP contribution in [0.2, 0.25) is 0 Å². The number of piperazine rings is 1.